The van der Waals surface area contributed by atoms with Crippen molar-refractivity contribution in [3.63, 3.8) is 0 Å². The first kappa shape index (κ1) is 40.4. The van der Waals surface area contributed by atoms with E-state index < -0.39 is 28.8 Å². The zero-order valence-corrected chi connectivity index (χ0v) is 37.6. The Hall–Kier alpha value is -6.88. The molecule has 3 aliphatic heterocycles. The summed E-state index contributed by atoms with van der Waals surface area (Å²) in [5, 5.41) is 14.8. The number of fused-ring (bicyclic) bond motifs is 6. The summed E-state index contributed by atoms with van der Waals surface area (Å²) in [6.07, 6.45) is 12.1. The average molecular weight is 907 g/mol. The number of benzene rings is 3. The maximum atomic E-state index is 16.2. The van der Waals surface area contributed by atoms with E-state index >= 15 is 13.6 Å². The summed E-state index contributed by atoms with van der Waals surface area (Å²) in [6.45, 7) is 6.19. The van der Waals surface area contributed by atoms with Crippen LogP contribution in [0.25, 0.3) is 39.0 Å². The van der Waals surface area contributed by atoms with E-state index in [1.807, 2.05) is 11.0 Å². The second-order valence-electron chi connectivity index (χ2n) is 19.8. The molecule has 2 bridgehead atoms. The first-order valence-corrected chi connectivity index (χ1v) is 23.3. The first-order valence-electron chi connectivity index (χ1n) is 23.3. The van der Waals surface area contributed by atoms with Crippen molar-refractivity contribution in [3.05, 3.63) is 139 Å². The number of nitrogens with zero attached hydrogens (tertiary/aromatic N) is 9. The van der Waals surface area contributed by atoms with Crippen LogP contribution in [0.5, 0.6) is 0 Å². The highest BCUT2D eigenvalue weighted by Gasteiger charge is 2.60. The molecule has 13 rings (SSSR count). The Kier molecular flexibility index (Phi) is 8.49. The van der Waals surface area contributed by atoms with Crippen molar-refractivity contribution >= 4 is 27.7 Å². The molecule has 2 saturated heterocycles. The number of ether oxygens (including phenoxy) is 1. The Morgan fingerprint density at radius 1 is 0.925 bits per heavy atom. The largest absolute Gasteiger partial charge is 0.438 e. The maximum absolute atomic E-state index is 16.2. The summed E-state index contributed by atoms with van der Waals surface area (Å²) in [7, 11) is 1.73. The van der Waals surface area contributed by atoms with Crippen molar-refractivity contribution < 1.29 is 22.8 Å². The van der Waals surface area contributed by atoms with E-state index in [4.69, 9.17) is 14.4 Å². The highest BCUT2D eigenvalue weighted by atomic mass is 19.1. The molecule has 0 unspecified atom stereocenters. The van der Waals surface area contributed by atoms with Gasteiger partial charge in [-0.3, -0.25) is 28.1 Å². The minimum absolute atomic E-state index is 0.0146. The molecule has 8 aromatic rings. The third kappa shape index (κ3) is 5.69. The summed E-state index contributed by atoms with van der Waals surface area (Å²) < 4.78 is 50.8. The Morgan fingerprint density at radius 3 is 2.43 bits per heavy atom. The van der Waals surface area contributed by atoms with E-state index in [-0.39, 0.29) is 40.4 Å². The number of aromatic amines is 1. The van der Waals surface area contributed by atoms with Crippen LogP contribution in [-0.2, 0) is 23.7 Å². The average Bonchev–Trinajstić information content (AvgIpc) is 4.02. The zero-order valence-electron chi connectivity index (χ0n) is 37.6. The lowest BCUT2D eigenvalue weighted by atomic mass is 9.70. The molecule has 67 heavy (non-hydrogen) atoms. The van der Waals surface area contributed by atoms with E-state index in [1.165, 1.54) is 33.5 Å². The highest BCUT2D eigenvalue weighted by molar-refractivity contribution is 6.00. The van der Waals surface area contributed by atoms with Gasteiger partial charge in [-0.25, -0.2) is 23.1 Å². The molecule has 5 aliphatic rings. The number of hydrogen-bond donors (Lipinski definition) is 1. The number of amides is 1. The lowest BCUT2D eigenvalue weighted by Crippen LogP contribution is -2.44. The topological polar surface area (TPSA) is 156 Å². The number of aromatic nitrogens is 9. The van der Waals surface area contributed by atoms with Crippen molar-refractivity contribution in [1.82, 2.24) is 48.3 Å². The minimum Gasteiger partial charge on any atom is -0.375 e. The SMILES string of the molecule is Cc1cc(-n2nc3c(c2-n2ccn(-c4ccc5c(cnn5C)c4F)c2=O)[C@@H]2CC[C@H](C3)N2C(=O)c2cc3cc([C@@H]4CCOC5(CCC5)C4)ccc3n2[C@@]2(c3noc(=O)[nH]3)C[C@@H]2C)cc(C)c1F. The van der Waals surface area contributed by atoms with Gasteiger partial charge in [0.2, 0.25) is 0 Å². The normalized spacial score (nSPS) is 23.9. The van der Waals surface area contributed by atoms with Gasteiger partial charge in [0.05, 0.1) is 45.8 Å². The fourth-order valence-electron chi connectivity index (χ4n) is 12.4. The maximum Gasteiger partial charge on any atom is 0.438 e. The zero-order chi connectivity index (χ0) is 45.8. The Balaban J connectivity index is 0.964. The summed E-state index contributed by atoms with van der Waals surface area (Å²) >= 11 is 0. The number of aryl methyl sites for hydroxylation is 3. The molecule has 15 nitrogen and oxygen atoms in total. The van der Waals surface area contributed by atoms with Gasteiger partial charge in [-0.15, -0.1) is 0 Å². The predicted molar refractivity (Wildman–Crippen MR) is 242 cm³/mol. The van der Waals surface area contributed by atoms with Gasteiger partial charge in [0.25, 0.3) is 5.91 Å². The summed E-state index contributed by atoms with van der Waals surface area (Å²) in [5.74, 6) is -0.662. The molecular formula is C50H48F2N10O5. The van der Waals surface area contributed by atoms with Crippen LogP contribution < -0.4 is 11.4 Å². The van der Waals surface area contributed by atoms with Crippen LogP contribution in [-0.4, -0.2) is 72.5 Å². The number of rotatable bonds is 7. The van der Waals surface area contributed by atoms with Crippen LogP contribution in [0.2, 0.25) is 0 Å². The minimum atomic E-state index is -0.840. The van der Waals surface area contributed by atoms with E-state index in [2.05, 4.69) is 44.9 Å². The lowest BCUT2D eigenvalue weighted by Gasteiger charge is -2.47. The van der Waals surface area contributed by atoms with Crippen LogP contribution in [0.3, 0.4) is 0 Å². The molecule has 342 valence electrons. The van der Waals surface area contributed by atoms with Crippen molar-refractivity contribution in [3.8, 4) is 17.2 Å². The molecule has 5 aromatic heterocycles. The summed E-state index contributed by atoms with van der Waals surface area (Å²) in [6, 6.07) is 14.5. The second kappa shape index (κ2) is 14.1. The van der Waals surface area contributed by atoms with Crippen LogP contribution in [0.15, 0.2) is 81.2 Å². The smallest absolute Gasteiger partial charge is 0.375 e. The molecule has 0 radical (unpaired) electrons. The van der Waals surface area contributed by atoms with Gasteiger partial charge in [-0.2, -0.15) is 10.2 Å². The Labute approximate surface area is 381 Å². The van der Waals surface area contributed by atoms with E-state index in [1.54, 1.807) is 60.7 Å². The van der Waals surface area contributed by atoms with Crippen molar-refractivity contribution in [2.75, 3.05) is 6.61 Å². The van der Waals surface area contributed by atoms with Gasteiger partial charge >= 0.3 is 11.4 Å². The van der Waals surface area contributed by atoms with Crippen molar-refractivity contribution in [1.29, 1.82) is 0 Å². The van der Waals surface area contributed by atoms with Crippen molar-refractivity contribution in [2.45, 2.75) is 108 Å². The third-order valence-electron chi connectivity index (χ3n) is 16.0. The molecule has 17 heteroatoms. The van der Waals surface area contributed by atoms with Crippen LogP contribution in [0, 0.1) is 31.4 Å². The summed E-state index contributed by atoms with van der Waals surface area (Å²) in [5.41, 5.74) is 4.56. The predicted octanol–water partition coefficient (Wildman–Crippen LogP) is 7.73. The molecule has 8 heterocycles. The molecule has 2 aliphatic carbocycles. The monoisotopic (exact) mass is 906 g/mol. The van der Waals surface area contributed by atoms with Gasteiger partial charge in [-0.1, -0.05) is 18.1 Å². The number of carbonyl (C=O) groups is 1. The molecular weight excluding hydrogens is 859 g/mol. The summed E-state index contributed by atoms with van der Waals surface area (Å²) in [4.78, 5) is 47.9. The third-order valence-corrected chi connectivity index (χ3v) is 16.0. The molecule has 2 saturated carbocycles. The number of nitrogens with one attached hydrogen (secondary N) is 1. The Morgan fingerprint density at radius 2 is 1.70 bits per heavy atom. The number of H-pyrrole nitrogens is 1. The number of carbonyl (C=O) groups excluding carboxylic acids is 1. The van der Waals surface area contributed by atoms with E-state index in [0.29, 0.717) is 76.8 Å². The quantitative estimate of drug-likeness (QED) is 0.170. The fourth-order valence-corrected chi connectivity index (χ4v) is 12.4. The van der Waals surface area contributed by atoms with Gasteiger partial charge in [0.15, 0.2) is 11.6 Å². The van der Waals surface area contributed by atoms with Gasteiger partial charge in [0.1, 0.15) is 22.9 Å². The fraction of sp³-hybridized carbons (Fsp3) is 0.400. The van der Waals surface area contributed by atoms with Gasteiger partial charge < -0.3 is 14.2 Å². The van der Waals surface area contributed by atoms with E-state index in [9.17, 15) is 9.59 Å². The standard InChI is InChI=1S/C50H48F2N10O5/c1-26-18-33(19-27(2)42(26)51)62-44(59-16-15-58(48(59)65)39-11-10-37-34(43(39)52)25-53-57(37)4)41-35(55-62)22-32-7-9-38(41)60(32)45(63)40-21-31-20-29(30-12-17-66-49(24-30)13-5-14-49)6-8-36(31)61(40)50(23-28(50)3)46-54-47(64)67-56-46/h6,8,10-11,15-16,18-21,25,28,30,32,38H,5,7,9,12-14,17,22-24H2,1-4H3,(H,54,56,64)/t28-,30+,32+,38-,50-/m0/s1. The first-order chi connectivity index (χ1) is 32.3. The number of hydrogen-bond acceptors (Lipinski definition) is 8. The molecule has 3 aromatic carbocycles. The van der Waals surface area contributed by atoms with Crippen molar-refractivity contribution in [2.24, 2.45) is 13.0 Å². The van der Waals surface area contributed by atoms with Crippen LogP contribution >= 0.6 is 0 Å². The highest BCUT2D eigenvalue weighted by Crippen LogP contribution is 2.57. The van der Waals surface area contributed by atoms with Gasteiger partial charge in [-0.05, 0) is 136 Å². The Bertz CT molecular complexity index is 3500. The molecule has 1 N–H and O–H groups in total. The number of halogens is 2. The van der Waals surface area contributed by atoms with Crippen LogP contribution in [0.4, 0.5) is 8.78 Å². The van der Waals surface area contributed by atoms with Crippen LogP contribution in [0.1, 0.15) is 115 Å². The second-order valence-corrected chi connectivity index (χ2v) is 19.8. The number of imidazole rings is 1. The van der Waals surface area contributed by atoms with E-state index in [0.717, 1.165) is 48.9 Å². The molecule has 5 atom stereocenters. The molecule has 1 amide bonds. The molecule has 4 fully saturated rings. The van der Waals surface area contributed by atoms with Gasteiger partial charge in [0, 0.05) is 55.0 Å². The molecule has 1 spiro atoms. The lowest BCUT2D eigenvalue weighted by molar-refractivity contribution is -0.133.